The lowest BCUT2D eigenvalue weighted by molar-refractivity contribution is 0.0601. The summed E-state index contributed by atoms with van der Waals surface area (Å²) >= 11 is 0. The second kappa shape index (κ2) is 5.69. The maximum absolute atomic E-state index is 13.2. The number of carbonyl (C=O) groups excluding carboxylic acids is 1. The van der Waals surface area contributed by atoms with Crippen LogP contribution in [0.3, 0.4) is 0 Å². The molecule has 0 saturated carbocycles. The number of esters is 1. The third kappa shape index (κ3) is 2.93. The molecule has 2 rings (SSSR count). The van der Waals surface area contributed by atoms with Crippen LogP contribution in [-0.4, -0.2) is 13.1 Å². The topological polar surface area (TPSA) is 38.3 Å². The fourth-order valence-corrected chi connectivity index (χ4v) is 1.82. The minimum Gasteiger partial charge on any atom is -0.465 e. The molecular formula is C15H13F2NO2. The maximum Gasteiger partial charge on any atom is 0.340 e. The average Bonchev–Trinajstić information content (AvgIpc) is 2.42. The molecule has 0 spiro atoms. The Kier molecular flexibility index (Phi) is 3.98. The molecule has 0 unspecified atom stereocenters. The lowest BCUT2D eigenvalue weighted by atomic mass is 10.1. The van der Waals surface area contributed by atoms with Gasteiger partial charge in [0.05, 0.1) is 18.4 Å². The predicted octanol–water partition coefficient (Wildman–Crippen LogP) is 3.80. The molecule has 0 heterocycles. The molecule has 5 heteroatoms. The number of nitrogens with one attached hydrogen (secondary N) is 1. The summed E-state index contributed by atoms with van der Waals surface area (Å²) < 4.78 is 30.9. The Bertz CT molecular complexity index is 656. The van der Waals surface area contributed by atoms with E-state index in [0.717, 1.165) is 6.07 Å². The monoisotopic (exact) mass is 277 g/mol. The van der Waals surface area contributed by atoms with Crippen molar-refractivity contribution >= 4 is 17.3 Å². The Hall–Kier alpha value is -2.43. The van der Waals surface area contributed by atoms with Gasteiger partial charge >= 0.3 is 5.97 Å². The van der Waals surface area contributed by atoms with Crippen molar-refractivity contribution in [3.8, 4) is 0 Å². The molecule has 0 atom stereocenters. The molecule has 0 bridgehead atoms. The number of rotatable bonds is 3. The minimum atomic E-state index is -0.647. The fraction of sp³-hybridized carbons (Fsp3) is 0.133. The smallest absolute Gasteiger partial charge is 0.340 e. The molecule has 0 aliphatic rings. The number of halogens is 2. The van der Waals surface area contributed by atoms with Crippen molar-refractivity contribution < 1.29 is 18.3 Å². The Morgan fingerprint density at radius 2 is 1.65 bits per heavy atom. The zero-order valence-electron chi connectivity index (χ0n) is 11.0. The number of anilines is 2. The summed E-state index contributed by atoms with van der Waals surface area (Å²) in [5.74, 6) is -1.53. The Balaban J connectivity index is 2.40. The molecule has 2 aromatic rings. The van der Waals surface area contributed by atoms with Crippen molar-refractivity contribution in [3.05, 3.63) is 59.2 Å². The molecule has 1 N–H and O–H groups in total. The van der Waals surface area contributed by atoms with Gasteiger partial charge in [0.15, 0.2) is 0 Å². The van der Waals surface area contributed by atoms with E-state index in [4.69, 9.17) is 0 Å². The number of benzene rings is 2. The molecule has 3 nitrogen and oxygen atoms in total. The van der Waals surface area contributed by atoms with Gasteiger partial charge in [0, 0.05) is 5.69 Å². The summed E-state index contributed by atoms with van der Waals surface area (Å²) in [6.45, 7) is 1.73. The summed E-state index contributed by atoms with van der Waals surface area (Å²) in [5, 5.41) is 2.98. The number of carbonyl (C=O) groups is 1. The van der Waals surface area contributed by atoms with Crippen LogP contribution < -0.4 is 5.32 Å². The first-order valence-corrected chi connectivity index (χ1v) is 5.92. The molecule has 0 amide bonds. The highest BCUT2D eigenvalue weighted by atomic mass is 19.1. The van der Waals surface area contributed by atoms with Crippen LogP contribution in [0.1, 0.15) is 15.9 Å². The molecule has 2 aromatic carbocycles. The summed E-state index contributed by atoms with van der Waals surface area (Å²) in [6.07, 6.45) is 0. The highest BCUT2D eigenvalue weighted by Crippen LogP contribution is 2.25. The summed E-state index contributed by atoms with van der Waals surface area (Å²) in [7, 11) is 1.22. The van der Waals surface area contributed by atoms with Crippen LogP contribution in [0.25, 0.3) is 0 Å². The van der Waals surface area contributed by atoms with Gasteiger partial charge in [-0.1, -0.05) is 0 Å². The zero-order valence-corrected chi connectivity index (χ0v) is 11.0. The van der Waals surface area contributed by atoms with Crippen LogP contribution in [0.4, 0.5) is 20.2 Å². The number of aryl methyl sites for hydroxylation is 1. The van der Waals surface area contributed by atoms with Crippen molar-refractivity contribution in [1.29, 1.82) is 0 Å². The van der Waals surface area contributed by atoms with E-state index in [1.165, 1.54) is 31.4 Å². The summed E-state index contributed by atoms with van der Waals surface area (Å²) in [4.78, 5) is 11.6. The molecule has 20 heavy (non-hydrogen) atoms. The molecule has 0 aromatic heterocycles. The lowest BCUT2D eigenvalue weighted by Crippen LogP contribution is -2.06. The van der Waals surface area contributed by atoms with Crippen LogP contribution >= 0.6 is 0 Å². The van der Waals surface area contributed by atoms with Crippen LogP contribution in [0.15, 0.2) is 36.4 Å². The minimum absolute atomic E-state index is 0.0798. The van der Waals surface area contributed by atoms with Crippen LogP contribution in [0.5, 0.6) is 0 Å². The number of ether oxygens (including phenoxy) is 1. The number of methoxy groups -OCH3 is 1. The first kappa shape index (κ1) is 14.0. The predicted molar refractivity (Wildman–Crippen MR) is 72.2 cm³/mol. The van der Waals surface area contributed by atoms with Gasteiger partial charge in [-0.3, -0.25) is 0 Å². The number of hydrogen-bond donors (Lipinski definition) is 1. The van der Waals surface area contributed by atoms with Gasteiger partial charge in [0.1, 0.15) is 11.6 Å². The SMILES string of the molecule is COC(=O)c1cc(F)ccc1Nc1ccc(F)cc1C. The lowest BCUT2D eigenvalue weighted by Gasteiger charge is -2.13. The molecule has 0 aliphatic carbocycles. The van der Waals surface area contributed by atoms with Gasteiger partial charge in [-0.2, -0.15) is 0 Å². The van der Waals surface area contributed by atoms with Crippen molar-refractivity contribution in [3.63, 3.8) is 0 Å². The van der Waals surface area contributed by atoms with Crippen LogP contribution in [0, 0.1) is 18.6 Å². The molecule has 0 saturated heterocycles. The molecule has 104 valence electrons. The second-order valence-corrected chi connectivity index (χ2v) is 4.27. The van der Waals surface area contributed by atoms with E-state index < -0.39 is 11.8 Å². The molecule has 0 radical (unpaired) electrons. The van der Waals surface area contributed by atoms with E-state index in [2.05, 4.69) is 10.1 Å². The standard InChI is InChI=1S/C15H13F2NO2/c1-9-7-10(16)3-5-13(9)18-14-6-4-11(17)8-12(14)15(19)20-2/h3-8,18H,1-2H3. The van der Waals surface area contributed by atoms with E-state index in [9.17, 15) is 13.6 Å². The molecule has 0 aliphatic heterocycles. The summed E-state index contributed by atoms with van der Waals surface area (Å²) in [6, 6.07) is 7.97. The first-order valence-electron chi connectivity index (χ1n) is 5.92. The van der Waals surface area contributed by atoms with Gasteiger partial charge in [-0.05, 0) is 48.9 Å². The van der Waals surface area contributed by atoms with Crippen molar-refractivity contribution in [2.45, 2.75) is 6.92 Å². The van der Waals surface area contributed by atoms with E-state index in [0.29, 0.717) is 16.9 Å². The Morgan fingerprint density at radius 3 is 2.25 bits per heavy atom. The summed E-state index contributed by atoms with van der Waals surface area (Å²) in [5.41, 5.74) is 1.78. The second-order valence-electron chi connectivity index (χ2n) is 4.27. The maximum atomic E-state index is 13.2. The molecule has 0 fully saturated rings. The van der Waals surface area contributed by atoms with E-state index >= 15 is 0 Å². The van der Waals surface area contributed by atoms with Crippen LogP contribution in [-0.2, 0) is 4.74 Å². The first-order chi connectivity index (χ1) is 9.51. The van der Waals surface area contributed by atoms with E-state index in [1.54, 1.807) is 13.0 Å². The van der Waals surface area contributed by atoms with Gasteiger partial charge in [0.25, 0.3) is 0 Å². The van der Waals surface area contributed by atoms with Gasteiger partial charge in [-0.25, -0.2) is 13.6 Å². The highest BCUT2D eigenvalue weighted by molar-refractivity contribution is 5.96. The normalized spacial score (nSPS) is 10.2. The van der Waals surface area contributed by atoms with Crippen LogP contribution in [0.2, 0.25) is 0 Å². The quantitative estimate of drug-likeness (QED) is 0.867. The van der Waals surface area contributed by atoms with Gasteiger partial charge < -0.3 is 10.1 Å². The zero-order chi connectivity index (χ0) is 14.7. The highest BCUT2D eigenvalue weighted by Gasteiger charge is 2.14. The Labute approximate surface area is 115 Å². The fourth-order valence-electron chi connectivity index (χ4n) is 1.82. The van der Waals surface area contributed by atoms with E-state index in [-0.39, 0.29) is 11.4 Å². The van der Waals surface area contributed by atoms with Crippen molar-refractivity contribution in [2.24, 2.45) is 0 Å². The largest absolute Gasteiger partial charge is 0.465 e. The van der Waals surface area contributed by atoms with Crippen molar-refractivity contribution in [2.75, 3.05) is 12.4 Å². The van der Waals surface area contributed by atoms with Crippen molar-refractivity contribution in [1.82, 2.24) is 0 Å². The third-order valence-electron chi connectivity index (χ3n) is 2.84. The van der Waals surface area contributed by atoms with Gasteiger partial charge in [0.2, 0.25) is 0 Å². The van der Waals surface area contributed by atoms with Gasteiger partial charge in [-0.15, -0.1) is 0 Å². The number of hydrogen-bond acceptors (Lipinski definition) is 3. The Morgan fingerprint density at radius 1 is 1.05 bits per heavy atom. The van der Waals surface area contributed by atoms with E-state index in [1.807, 2.05) is 0 Å². The average molecular weight is 277 g/mol. The third-order valence-corrected chi connectivity index (χ3v) is 2.84. The molecular weight excluding hydrogens is 264 g/mol.